The van der Waals surface area contributed by atoms with Crippen molar-refractivity contribution in [2.24, 2.45) is 23.7 Å². The fourth-order valence-corrected chi connectivity index (χ4v) is 3.60. The zero-order chi connectivity index (χ0) is 12.7. The van der Waals surface area contributed by atoms with E-state index in [1.54, 1.807) is 0 Å². The molecule has 1 saturated carbocycles. The van der Waals surface area contributed by atoms with E-state index in [-0.39, 0.29) is 0 Å². The van der Waals surface area contributed by atoms with Gasteiger partial charge in [-0.05, 0) is 48.1 Å². The van der Waals surface area contributed by atoms with Crippen molar-refractivity contribution in [2.45, 2.75) is 40.5 Å². The summed E-state index contributed by atoms with van der Waals surface area (Å²) in [6.45, 7) is 11.5. The van der Waals surface area contributed by atoms with Crippen molar-refractivity contribution in [3.05, 3.63) is 29.3 Å². The molecule has 1 N–H and O–H groups in total. The Kier molecular flexibility index (Phi) is 3.20. The van der Waals surface area contributed by atoms with E-state index in [4.69, 9.17) is 0 Å². The summed E-state index contributed by atoms with van der Waals surface area (Å²) in [5.74, 6) is 3.73. The van der Waals surface area contributed by atoms with Crippen LogP contribution in [0.25, 0.3) is 0 Å². The first-order valence-electron chi connectivity index (χ1n) is 6.73. The Balaban J connectivity index is 2.43. The molecule has 4 unspecified atom stereocenters. The van der Waals surface area contributed by atoms with Gasteiger partial charge in [-0.25, -0.2) is 0 Å². The molecule has 94 valence electrons. The fourth-order valence-electron chi connectivity index (χ4n) is 3.60. The molecule has 0 aromatic heterocycles. The molecular formula is C16H24O. The van der Waals surface area contributed by atoms with Gasteiger partial charge in [0, 0.05) is 0 Å². The third kappa shape index (κ3) is 1.96. The molecule has 0 spiro atoms. The van der Waals surface area contributed by atoms with Gasteiger partial charge in [-0.1, -0.05) is 45.4 Å². The molecule has 2 rings (SSSR count). The van der Waals surface area contributed by atoms with Gasteiger partial charge in [0.25, 0.3) is 0 Å². The van der Waals surface area contributed by atoms with Crippen LogP contribution in [-0.4, -0.2) is 5.11 Å². The molecule has 0 heterocycles. The van der Waals surface area contributed by atoms with Crippen molar-refractivity contribution in [3.63, 3.8) is 0 Å². The quantitative estimate of drug-likeness (QED) is 0.763. The topological polar surface area (TPSA) is 20.2 Å². The van der Waals surface area contributed by atoms with Gasteiger partial charge in [-0.3, -0.25) is 0 Å². The standard InChI is InChI=1S/C16H24O/c1-9-6-7-15(17)14(8-9)16-12(4)10(2)11(3)13(16)5/h6-8,10-13,16-17H,1-5H3. The highest BCUT2D eigenvalue weighted by atomic mass is 16.3. The summed E-state index contributed by atoms with van der Waals surface area (Å²) in [6, 6.07) is 5.99. The lowest BCUT2D eigenvalue weighted by atomic mass is 9.82. The fraction of sp³-hybridized carbons (Fsp3) is 0.625. The first kappa shape index (κ1) is 12.5. The second-order valence-electron chi connectivity index (χ2n) is 6.02. The summed E-state index contributed by atoms with van der Waals surface area (Å²) >= 11 is 0. The van der Waals surface area contributed by atoms with Gasteiger partial charge in [-0.2, -0.15) is 0 Å². The van der Waals surface area contributed by atoms with E-state index in [2.05, 4.69) is 40.7 Å². The number of rotatable bonds is 1. The Hall–Kier alpha value is -0.980. The van der Waals surface area contributed by atoms with Gasteiger partial charge in [-0.15, -0.1) is 0 Å². The molecule has 0 aliphatic heterocycles. The molecule has 17 heavy (non-hydrogen) atoms. The zero-order valence-corrected chi connectivity index (χ0v) is 11.6. The van der Waals surface area contributed by atoms with Gasteiger partial charge < -0.3 is 5.11 Å². The van der Waals surface area contributed by atoms with Crippen molar-refractivity contribution in [3.8, 4) is 5.75 Å². The van der Waals surface area contributed by atoms with Crippen LogP contribution < -0.4 is 0 Å². The third-order valence-electron chi connectivity index (χ3n) is 5.16. The van der Waals surface area contributed by atoms with Crippen molar-refractivity contribution in [1.29, 1.82) is 0 Å². The number of hydrogen-bond donors (Lipinski definition) is 1. The van der Waals surface area contributed by atoms with Crippen LogP contribution in [0.3, 0.4) is 0 Å². The Morgan fingerprint density at radius 3 is 1.94 bits per heavy atom. The molecule has 1 heteroatoms. The van der Waals surface area contributed by atoms with E-state index in [0.717, 1.165) is 17.4 Å². The van der Waals surface area contributed by atoms with Gasteiger partial charge in [0.05, 0.1) is 0 Å². The maximum absolute atomic E-state index is 10.1. The van der Waals surface area contributed by atoms with E-state index in [0.29, 0.717) is 23.5 Å². The van der Waals surface area contributed by atoms with Crippen LogP contribution in [-0.2, 0) is 0 Å². The summed E-state index contributed by atoms with van der Waals surface area (Å²) in [6.07, 6.45) is 0. The van der Waals surface area contributed by atoms with Gasteiger partial charge in [0.1, 0.15) is 5.75 Å². The van der Waals surface area contributed by atoms with Crippen LogP contribution in [0.15, 0.2) is 18.2 Å². The minimum Gasteiger partial charge on any atom is -0.508 e. The van der Waals surface area contributed by atoms with Gasteiger partial charge in [0.2, 0.25) is 0 Å². The first-order chi connectivity index (χ1) is 7.93. The molecule has 0 saturated heterocycles. The lowest BCUT2D eigenvalue weighted by Gasteiger charge is -2.23. The van der Waals surface area contributed by atoms with Crippen LogP contribution in [0.4, 0.5) is 0 Å². The highest BCUT2D eigenvalue weighted by Crippen LogP contribution is 2.52. The van der Waals surface area contributed by atoms with E-state index in [1.807, 2.05) is 12.1 Å². The monoisotopic (exact) mass is 232 g/mol. The van der Waals surface area contributed by atoms with E-state index >= 15 is 0 Å². The molecule has 0 bridgehead atoms. The Labute approximate surface area is 105 Å². The molecule has 0 radical (unpaired) electrons. The zero-order valence-electron chi connectivity index (χ0n) is 11.6. The Bertz CT molecular complexity index is 396. The molecule has 0 amide bonds. The van der Waals surface area contributed by atoms with E-state index in [1.165, 1.54) is 5.56 Å². The highest BCUT2D eigenvalue weighted by molar-refractivity contribution is 5.39. The Morgan fingerprint density at radius 2 is 1.41 bits per heavy atom. The van der Waals surface area contributed by atoms with Crippen LogP contribution >= 0.6 is 0 Å². The largest absolute Gasteiger partial charge is 0.508 e. The second kappa shape index (κ2) is 4.36. The summed E-state index contributed by atoms with van der Waals surface area (Å²) in [4.78, 5) is 0. The first-order valence-corrected chi connectivity index (χ1v) is 6.73. The van der Waals surface area contributed by atoms with Crippen LogP contribution in [0.1, 0.15) is 44.7 Å². The predicted molar refractivity (Wildman–Crippen MR) is 72.2 cm³/mol. The molecule has 1 aromatic rings. The molecule has 1 aliphatic rings. The molecule has 1 aliphatic carbocycles. The summed E-state index contributed by atoms with van der Waals surface area (Å²) in [7, 11) is 0. The number of aryl methyl sites for hydroxylation is 1. The highest BCUT2D eigenvalue weighted by Gasteiger charge is 2.42. The summed E-state index contributed by atoms with van der Waals surface area (Å²) < 4.78 is 0. The number of aromatic hydroxyl groups is 1. The maximum Gasteiger partial charge on any atom is 0.119 e. The Morgan fingerprint density at radius 1 is 0.882 bits per heavy atom. The normalized spacial score (nSPS) is 37.4. The van der Waals surface area contributed by atoms with Crippen molar-refractivity contribution < 1.29 is 5.11 Å². The second-order valence-corrected chi connectivity index (χ2v) is 6.02. The maximum atomic E-state index is 10.1. The molecule has 1 aromatic carbocycles. The van der Waals surface area contributed by atoms with Crippen molar-refractivity contribution in [2.75, 3.05) is 0 Å². The lowest BCUT2D eigenvalue weighted by Crippen LogP contribution is -2.11. The smallest absolute Gasteiger partial charge is 0.119 e. The van der Waals surface area contributed by atoms with Crippen molar-refractivity contribution >= 4 is 0 Å². The minimum atomic E-state index is 0.473. The molecule has 1 fully saturated rings. The third-order valence-corrected chi connectivity index (χ3v) is 5.16. The van der Waals surface area contributed by atoms with Crippen LogP contribution in [0.5, 0.6) is 5.75 Å². The molecule has 4 atom stereocenters. The summed E-state index contributed by atoms with van der Waals surface area (Å²) in [5.41, 5.74) is 2.39. The average molecular weight is 232 g/mol. The number of phenols is 1. The predicted octanol–water partition coefficient (Wildman–Crippen LogP) is 4.34. The SMILES string of the molecule is Cc1ccc(O)c(C2C(C)C(C)C(C)C2C)c1. The number of phenolic OH excluding ortho intramolecular Hbond substituents is 1. The van der Waals surface area contributed by atoms with Gasteiger partial charge >= 0.3 is 0 Å². The molecule has 1 nitrogen and oxygen atoms in total. The van der Waals surface area contributed by atoms with Crippen LogP contribution in [0, 0.1) is 30.6 Å². The van der Waals surface area contributed by atoms with Crippen molar-refractivity contribution in [1.82, 2.24) is 0 Å². The summed E-state index contributed by atoms with van der Waals surface area (Å²) in [5, 5.41) is 10.1. The number of hydrogen-bond acceptors (Lipinski definition) is 1. The number of benzene rings is 1. The minimum absolute atomic E-state index is 0.473. The molecular weight excluding hydrogens is 208 g/mol. The van der Waals surface area contributed by atoms with E-state index in [9.17, 15) is 5.11 Å². The van der Waals surface area contributed by atoms with Gasteiger partial charge in [0.15, 0.2) is 0 Å². The lowest BCUT2D eigenvalue weighted by molar-refractivity contribution is 0.352. The van der Waals surface area contributed by atoms with E-state index < -0.39 is 0 Å². The van der Waals surface area contributed by atoms with Crippen LogP contribution in [0.2, 0.25) is 0 Å². The average Bonchev–Trinajstić information content (AvgIpc) is 2.48.